The van der Waals surface area contributed by atoms with Crippen LogP contribution in [-0.4, -0.2) is 18.0 Å². The number of anilines is 1. The maximum Gasteiger partial charge on any atom is 0.241 e. The summed E-state index contributed by atoms with van der Waals surface area (Å²) in [6.45, 7) is 6.24. The van der Waals surface area contributed by atoms with Crippen LogP contribution >= 0.6 is 0 Å². The van der Waals surface area contributed by atoms with E-state index in [0.29, 0.717) is 6.04 Å². The molecular weight excluding hydrogens is 260 g/mol. The second-order valence-electron chi connectivity index (χ2n) is 6.53. The summed E-state index contributed by atoms with van der Waals surface area (Å²) < 4.78 is 0. The van der Waals surface area contributed by atoms with E-state index >= 15 is 0 Å². The van der Waals surface area contributed by atoms with Crippen molar-refractivity contribution in [3.05, 3.63) is 29.8 Å². The van der Waals surface area contributed by atoms with E-state index in [2.05, 4.69) is 24.5 Å². The van der Waals surface area contributed by atoms with Gasteiger partial charge in [0, 0.05) is 11.7 Å². The molecule has 0 bridgehead atoms. The van der Waals surface area contributed by atoms with Crippen LogP contribution in [0.25, 0.3) is 0 Å². The van der Waals surface area contributed by atoms with Crippen molar-refractivity contribution in [2.75, 3.05) is 5.32 Å². The number of hydrogen-bond donors (Lipinski definition) is 2. The fourth-order valence-electron chi connectivity index (χ4n) is 3.02. The topological polar surface area (TPSA) is 41.1 Å². The van der Waals surface area contributed by atoms with E-state index in [1.165, 1.54) is 32.1 Å². The van der Waals surface area contributed by atoms with Crippen molar-refractivity contribution in [1.82, 2.24) is 5.32 Å². The average Bonchev–Trinajstić information content (AvgIpc) is 2.48. The Morgan fingerprint density at radius 1 is 1.14 bits per heavy atom. The van der Waals surface area contributed by atoms with Crippen LogP contribution in [0.1, 0.15) is 51.5 Å². The van der Waals surface area contributed by atoms with E-state index < -0.39 is 0 Å². The molecule has 1 aromatic carbocycles. The predicted molar refractivity (Wildman–Crippen MR) is 88.4 cm³/mol. The lowest BCUT2D eigenvalue weighted by Gasteiger charge is -2.30. The number of rotatable bonds is 5. The minimum absolute atomic E-state index is 0.0878. The summed E-state index contributed by atoms with van der Waals surface area (Å²) in [7, 11) is 0. The molecule has 0 radical (unpaired) electrons. The highest BCUT2D eigenvalue weighted by atomic mass is 16.2. The summed E-state index contributed by atoms with van der Waals surface area (Å²) in [4.78, 5) is 12.6. The Morgan fingerprint density at radius 3 is 2.43 bits per heavy atom. The number of amides is 1. The summed E-state index contributed by atoms with van der Waals surface area (Å²) in [5, 5.41) is 6.66. The van der Waals surface area contributed by atoms with Gasteiger partial charge >= 0.3 is 0 Å². The van der Waals surface area contributed by atoms with Gasteiger partial charge in [-0.1, -0.05) is 51.3 Å². The fourth-order valence-corrected chi connectivity index (χ4v) is 3.02. The highest BCUT2D eigenvalue weighted by molar-refractivity contribution is 5.95. The molecule has 0 spiro atoms. The van der Waals surface area contributed by atoms with Crippen LogP contribution in [0.4, 0.5) is 5.69 Å². The molecule has 1 atom stereocenters. The summed E-state index contributed by atoms with van der Waals surface area (Å²) in [6, 6.07) is 8.31. The predicted octanol–water partition coefficient (Wildman–Crippen LogP) is 3.88. The average molecular weight is 288 g/mol. The molecule has 1 amide bonds. The number of aryl methyl sites for hydroxylation is 1. The van der Waals surface area contributed by atoms with Crippen LogP contribution in [0, 0.1) is 12.8 Å². The molecule has 0 saturated heterocycles. The Labute approximate surface area is 128 Å². The van der Waals surface area contributed by atoms with Gasteiger partial charge in [0.05, 0.1) is 6.04 Å². The molecule has 2 rings (SSSR count). The molecule has 21 heavy (non-hydrogen) atoms. The molecule has 3 nitrogen and oxygen atoms in total. The Kier molecular flexibility index (Phi) is 5.80. The van der Waals surface area contributed by atoms with Crippen molar-refractivity contribution in [2.45, 2.75) is 65.0 Å². The molecule has 1 fully saturated rings. The van der Waals surface area contributed by atoms with Gasteiger partial charge in [-0.25, -0.2) is 0 Å². The van der Waals surface area contributed by atoms with Gasteiger partial charge in [0.2, 0.25) is 5.91 Å². The van der Waals surface area contributed by atoms with Crippen LogP contribution in [-0.2, 0) is 4.79 Å². The maximum absolute atomic E-state index is 12.6. The molecule has 2 N–H and O–H groups in total. The van der Waals surface area contributed by atoms with Crippen molar-refractivity contribution in [3.8, 4) is 0 Å². The normalized spacial score (nSPS) is 17.7. The highest BCUT2D eigenvalue weighted by Crippen LogP contribution is 2.20. The lowest BCUT2D eigenvalue weighted by atomic mass is 9.93. The molecule has 0 unspecified atom stereocenters. The van der Waals surface area contributed by atoms with E-state index in [-0.39, 0.29) is 17.9 Å². The minimum Gasteiger partial charge on any atom is -0.324 e. The molecule has 0 heterocycles. The molecule has 0 aliphatic heterocycles. The van der Waals surface area contributed by atoms with Gasteiger partial charge in [-0.3, -0.25) is 4.79 Å². The van der Waals surface area contributed by atoms with Gasteiger partial charge in [-0.2, -0.15) is 0 Å². The number of para-hydroxylation sites is 1. The maximum atomic E-state index is 12.6. The van der Waals surface area contributed by atoms with Crippen LogP contribution in [0.3, 0.4) is 0 Å². The first-order valence-electron chi connectivity index (χ1n) is 8.20. The Morgan fingerprint density at radius 2 is 1.81 bits per heavy atom. The summed E-state index contributed by atoms with van der Waals surface area (Å²) in [5.74, 6) is 0.376. The zero-order valence-corrected chi connectivity index (χ0v) is 13.5. The van der Waals surface area contributed by atoms with Crippen molar-refractivity contribution >= 4 is 11.6 Å². The van der Waals surface area contributed by atoms with E-state index in [4.69, 9.17) is 0 Å². The molecule has 116 valence electrons. The van der Waals surface area contributed by atoms with Crippen molar-refractivity contribution in [2.24, 2.45) is 5.92 Å². The lowest BCUT2D eigenvalue weighted by molar-refractivity contribution is -0.119. The SMILES string of the molecule is Cc1ccccc1NC(=O)[C@H](NC1CCCCC1)C(C)C. The number of carbonyl (C=O) groups is 1. The zero-order valence-electron chi connectivity index (χ0n) is 13.5. The Bertz CT molecular complexity index is 464. The van der Waals surface area contributed by atoms with Gasteiger partial charge in [0.1, 0.15) is 0 Å². The second kappa shape index (κ2) is 7.60. The second-order valence-corrected chi connectivity index (χ2v) is 6.53. The standard InChI is InChI=1S/C18H28N2O/c1-13(2)17(19-15-10-5-4-6-11-15)18(21)20-16-12-8-7-9-14(16)3/h7-9,12-13,15,17,19H,4-6,10-11H2,1-3H3,(H,20,21)/t17-/m1/s1. The zero-order chi connectivity index (χ0) is 15.2. The van der Waals surface area contributed by atoms with Crippen molar-refractivity contribution < 1.29 is 4.79 Å². The molecule has 1 saturated carbocycles. The van der Waals surface area contributed by atoms with Crippen LogP contribution in [0.2, 0.25) is 0 Å². The molecule has 1 aliphatic rings. The van der Waals surface area contributed by atoms with Crippen LogP contribution < -0.4 is 10.6 Å². The summed E-state index contributed by atoms with van der Waals surface area (Å²) in [5.41, 5.74) is 2.02. The van der Waals surface area contributed by atoms with Gasteiger partial charge in [-0.05, 0) is 37.3 Å². The van der Waals surface area contributed by atoms with E-state index in [9.17, 15) is 4.79 Å². The largest absolute Gasteiger partial charge is 0.324 e. The first kappa shape index (κ1) is 16.0. The van der Waals surface area contributed by atoms with E-state index in [1.807, 2.05) is 31.2 Å². The van der Waals surface area contributed by atoms with Crippen molar-refractivity contribution in [1.29, 1.82) is 0 Å². The Balaban J connectivity index is 2.00. The van der Waals surface area contributed by atoms with Crippen LogP contribution in [0.5, 0.6) is 0 Å². The third kappa shape index (κ3) is 4.57. The molecule has 1 aliphatic carbocycles. The van der Waals surface area contributed by atoms with Gasteiger partial charge in [0.25, 0.3) is 0 Å². The van der Waals surface area contributed by atoms with Crippen LogP contribution in [0.15, 0.2) is 24.3 Å². The number of benzene rings is 1. The monoisotopic (exact) mass is 288 g/mol. The first-order chi connectivity index (χ1) is 10.1. The molecule has 0 aromatic heterocycles. The van der Waals surface area contributed by atoms with E-state index in [0.717, 1.165) is 11.3 Å². The summed E-state index contributed by atoms with van der Waals surface area (Å²) >= 11 is 0. The lowest BCUT2D eigenvalue weighted by Crippen LogP contribution is -2.49. The van der Waals surface area contributed by atoms with Gasteiger partial charge < -0.3 is 10.6 Å². The third-order valence-corrected chi connectivity index (χ3v) is 4.37. The number of carbonyl (C=O) groups excluding carboxylic acids is 1. The Hall–Kier alpha value is -1.35. The smallest absolute Gasteiger partial charge is 0.241 e. The molecule has 3 heteroatoms. The number of nitrogens with one attached hydrogen (secondary N) is 2. The van der Waals surface area contributed by atoms with Gasteiger partial charge in [0.15, 0.2) is 0 Å². The molecule has 1 aromatic rings. The molecular formula is C18H28N2O. The quantitative estimate of drug-likeness (QED) is 0.863. The first-order valence-corrected chi connectivity index (χ1v) is 8.20. The minimum atomic E-state index is -0.118. The van der Waals surface area contributed by atoms with E-state index in [1.54, 1.807) is 0 Å². The fraction of sp³-hybridized carbons (Fsp3) is 0.611. The number of hydrogen-bond acceptors (Lipinski definition) is 2. The highest BCUT2D eigenvalue weighted by Gasteiger charge is 2.26. The van der Waals surface area contributed by atoms with Crippen molar-refractivity contribution in [3.63, 3.8) is 0 Å². The summed E-state index contributed by atoms with van der Waals surface area (Å²) in [6.07, 6.45) is 6.28. The van der Waals surface area contributed by atoms with Gasteiger partial charge in [-0.15, -0.1) is 0 Å². The third-order valence-electron chi connectivity index (χ3n) is 4.37.